The zero-order valence-electron chi connectivity index (χ0n) is 17.2. The molecule has 1 saturated heterocycles. The lowest BCUT2D eigenvalue weighted by molar-refractivity contribution is -0.303. The van der Waals surface area contributed by atoms with E-state index in [1.165, 1.54) is 6.92 Å². The summed E-state index contributed by atoms with van der Waals surface area (Å²) in [6, 6.07) is -0.861. The largest absolute Gasteiger partial charge is 0.394 e. The molecule has 0 amide bonds. The first-order valence-electron chi connectivity index (χ1n) is 9.93. The topological polar surface area (TPSA) is 181 Å². The van der Waals surface area contributed by atoms with Gasteiger partial charge >= 0.3 is 0 Å². The molecule has 0 spiro atoms. The first-order chi connectivity index (χ1) is 13.6. The van der Waals surface area contributed by atoms with E-state index >= 15 is 0 Å². The van der Waals surface area contributed by atoms with Crippen molar-refractivity contribution in [2.45, 2.75) is 88.9 Å². The number of aliphatic hydroxyl groups excluding tert-OH is 7. The second-order valence-corrected chi connectivity index (χ2v) is 7.56. The van der Waals surface area contributed by atoms with E-state index in [0.717, 1.165) is 6.42 Å². The summed E-state index contributed by atoms with van der Waals surface area (Å²) >= 11 is 0. The molecule has 0 bridgehead atoms. The van der Waals surface area contributed by atoms with Gasteiger partial charge in [-0.3, -0.25) is 5.32 Å². The maximum Gasteiger partial charge on any atom is 0.186 e. The van der Waals surface area contributed by atoms with Crippen LogP contribution in [0.25, 0.3) is 0 Å². The average Bonchev–Trinajstić information content (AvgIpc) is 2.69. The van der Waals surface area contributed by atoms with Crippen molar-refractivity contribution in [2.75, 3.05) is 19.9 Å². The Morgan fingerprint density at radius 1 is 1.03 bits per heavy atom. The van der Waals surface area contributed by atoms with Crippen LogP contribution in [-0.2, 0) is 14.2 Å². The number of aliphatic hydroxyl groups is 7. The predicted octanol–water partition coefficient (Wildman–Crippen LogP) is -2.77. The number of hydrogen-bond acceptors (Lipinski definition) is 11. The fraction of sp³-hybridized carbons (Fsp3) is 1.00. The molecular formula is C18H37NO10. The number of hydrogen-bond donors (Lipinski definition) is 8. The molecule has 1 rings (SSSR count). The van der Waals surface area contributed by atoms with Crippen molar-refractivity contribution in [2.24, 2.45) is 5.92 Å². The highest BCUT2D eigenvalue weighted by molar-refractivity contribution is 4.89. The Labute approximate surface area is 170 Å². The molecule has 1 aliphatic heterocycles. The van der Waals surface area contributed by atoms with Gasteiger partial charge in [0.25, 0.3) is 0 Å². The highest BCUT2D eigenvalue weighted by Gasteiger charge is 2.44. The van der Waals surface area contributed by atoms with Crippen molar-refractivity contribution in [1.82, 2.24) is 5.32 Å². The normalized spacial score (nSPS) is 33.1. The van der Waals surface area contributed by atoms with E-state index < -0.39 is 61.9 Å². The molecular weight excluding hydrogens is 390 g/mol. The molecule has 1 fully saturated rings. The van der Waals surface area contributed by atoms with Crippen molar-refractivity contribution in [3.8, 4) is 0 Å². The quantitative estimate of drug-likeness (QED) is 0.142. The van der Waals surface area contributed by atoms with Crippen LogP contribution in [0.5, 0.6) is 0 Å². The third-order valence-electron chi connectivity index (χ3n) is 5.11. The minimum Gasteiger partial charge on any atom is -0.394 e. The van der Waals surface area contributed by atoms with E-state index in [-0.39, 0.29) is 19.3 Å². The summed E-state index contributed by atoms with van der Waals surface area (Å²) in [5, 5.41) is 71.8. The molecule has 0 aromatic rings. The van der Waals surface area contributed by atoms with Gasteiger partial charge in [-0.15, -0.1) is 0 Å². The van der Waals surface area contributed by atoms with E-state index in [4.69, 9.17) is 14.2 Å². The van der Waals surface area contributed by atoms with Gasteiger partial charge in [0.1, 0.15) is 31.1 Å². The summed E-state index contributed by atoms with van der Waals surface area (Å²) in [5.74, 6) is 0.181. The van der Waals surface area contributed by atoms with Gasteiger partial charge in [0, 0.05) is 0 Å². The summed E-state index contributed by atoms with van der Waals surface area (Å²) in [7, 11) is 0. The zero-order valence-corrected chi connectivity index (χ0v) is 17.2. The molecule has 0 aliphatic carbocycles. The molecule has 0 radical (unpaired) electrons. The van der Waals surface area contributed by atoms with Gasteiger partial charge in [-0.05, 0) is 19.3 Å². The minimum absolute atomic E-state index is 0.145. The number of nitrogens with one attached hydrogen (secondary N) is 1. The Hall–Kier alpha value is -0.440. The fourth-order valence-electron chi connectivity index (χ4n) is 2.94. The van der Waals surface area contributed by atoms with E-state index in [9.17, 15) is 35.7 Å². The summed E-state index contributed by atoms with van der Waals surface area (Å²) < 4.78 is 15.7. The molecule has 1 aliphatic rings. The summed E-state index contributed by atoms with van der Waals surface area (Å²) in [4.78, 5) is 0. The standard InChI is InChI=1S/C18H37NO10/c1-4-9(2)5-12(22)14(23)11(19-8-28-10(3)21)7-27-18-17(26)16(25)15(24)13(6-20)29-18/h9-26H,4-8H2,1-3H3/t9?,10?,11?,12?,13?,14?,15-,16?,17?,18-/m0/s1. The van der Waals surface area contributed by atoms with Crippen molar-refractivity contribution >= 4 is 0 Å². The SMILES string of the molecule is CCC(C)CC(O)C(O)C(CO[C@H]1OC(CO)[C@H](O)C(O)C1O)NCOC(C)O. The minimum atomic E-state index is -1.59. The molecule has 10 atom stereocenters. The summed E-state index contributed by atoms with van der Waals surface area (Å²) in [6.45, 7) is 4.33. The highest BCUT2D eigenvalue weighted by Crippen LogP contribution is 2.22. The predicted molar refractivity (Wildman–Crippen MR) is 100 cm³/mol. The van der Waals surface area contributed by atoms with Crippen LogP contribution in [0.15, 0.2) is 0 Å². The Morgan fingerprint density at radius 3 is 2.24 bits per heavy atom. The smallest absolute Gasteiger partial charge is 0.186 e. The number of rotatable bonds is 13. The second-order valence-electron chi connectivity index (χ2n) is 7.56. The van der Waals surface area contributed by atoms with E-state index in [1.807, 2.05) is 13.8 Å². The molecule has 1 heterocycles. The maximum atomic E-state index is 10.5. The monoisotopic (exact) mass is 427 g/mol. The van der Waals surface area contributed by atoms with Gasteiger partial charge in [-0.1, -0.05) is 20.3 Å². The molecule has 0 saturated carbocycles. The second kappa shape index (κ2) is 13.1. The average molecular weight is 427 g/mol. The van der Waals surface area contributed by atoms with Crippen molar-refractivity contribution in [3.05, 3.63) is 0 Å². The lowest BCUT2D eigenvalue weighted by Crippen LogP contribution is -2.60. The van der Waals surface area contributed by atoms with Gasteiger partial charge in [-0.2, -0.15) is 0 Å². The number of ether oxygens (including phenoxy) is 3. The Kier molecular flexibility index (Phi) is 12.0. The van der Waals surface area contributed by atoms with E-state index in [2.05, 4.69) is 5.32 Å². The van der Waals surface area contributed by atoms with Crippen LogP contribution >= 0.6 is 0 Å². The highest BCUT2D eigenvalue weighted by atomic mass is 16.7. The van der Waals surface area contributed by atoms with Gasteiger partial charge in [0.05, 0.1) is 31.5 Å². The first-order valence-corrected chi connectivity index (χ1v) is 9.93. The summed E-state index contributed by atoms with van der Waals surface area (Å²) in [6.07, 6.45) is -9.35. The van der Waals surface area contributed by atoms with Crippen molar-refractivity contribution in [3.63, 3.8) is 0 Å². The van der Waals surface area contributed by atoms with E-state index in [0.29, 0.717) is 6.42 Å². The Morgan fingerprint density at radius 2 is 1.69 bits per heavy atom. The van der Waals surface area contributed by atoms with Crippen LogP contribution in [0.1, 0.15) is 33.6 Å². The molecule has 8 unspecified atom stereocenters. The van der Waals surface area contributed by atoms with E-state index in [1.54, 1.807) is 0 Å². The molecule has 8 N–H and O–H groups in total. The third kappa shape index (κ3) is 8.31. The maximum absolute atomic E-state index is 10.5. The van der Waals surface area contributed by atoms with Crippen molar-refractivity contribution < 1.29 is 50.0 Å². The Bertz CT molecular complexity index is 441. The van der Waals surface area contributed by atoms with Gasteiger partial charge in [0.2, 0.25) is 0 Å². The van der Waals surface area contributed by atoms with Crippen LogP contribution in [0.2, 0.25) is 0 Å². The fourth-order valence-corrected chi connectivity index (χ4v) is 2.94. The van der Waals surface area contributed by atoms with Gasteiger partial charge < -0.3 is 50.0 Å². The zero-order chi connectivity index (χ0) is 22.1. The molecule has 11 heteroatoms. The van der Waals surface area contributed by atoms with Crippen LogP contribution in [0, 0.1) is 5.92 Å². The third-order valence-corrected chi connectivity index (χ3v) is 5.11. The van der Waals surface area contributed by atoms with Crippen LogP contribution in [-0.4, -0.2) is 111 Å². The lowest BCUT2D eigenvalue weighted by atomic mass is 9.95. The first kappa shape index (κ1) is 26.6. The van der Waals surface area contributed by atoms with Crippen molar-refractivity contribution in [1.29, 1.82) is 0 Å². The molecule has 29 heavy (non-hydrogen) atoms. The van der Waals surface area contributed by atoms with Gasteiger partial charge in [0.15, 0.2) is 12.6 Å². The van der Waals surface area contributed by atoms with Crippen LogP contribution in [0.4, 0.5) is 0 Å². The van der Waals surface area contributed by atoms with Crippen LogP contribution < -0.4 is 5.32 Å². The van der Waals surface area contributed by atoms with Gasteiger partial charge in [-0.25, -0.2) is 0 Å². The molecule has 11 nitrogen and oxygen atoms in total. The lowest BCUT2D eigenvalue weighted by Gasteiger charge is -2.40. The molecule has 174 valence electrons. The molecule has 0 aromatic carbocycles. The molecule has 0 aromatic heterocycles. The van der Waals surface area contributed by atoms with Crippen LogP contribution in [0.3, 0.4) is 0 Å². The summed E-state index contributed by atoms with van der Waals surface area (Å²) in [5.41, 5.74) is 0. The Balaban J connectivity index is 2.74.